The third-order valence-corrected chi connectivity index (χ3v) is 3.80. The van der Waals surface area contributed by atoms with Crippen LogP contribution in [0.2, 0.25) is 0 Å². The fraction of sp³-hybridized carbons (Fsp3) is 0.478. The molecule has 1 heterocycles. The predicted molar refractivity (Wildman–Crippen MR) is 108 cm³/mol. The van der Waals surface area contributed by atoms with E-state index in [-0.39, 0.29) is 35.2 Å². The molecule has 0 radical (unpaired) electrons. The van der Waals surface area contributed by atoms with Crippen molar-refractivity contribution in [1.82, 2.24) is 0 Å². The zero-order chi connectivity index (χ0) is 21.1. The summed E-state index contributed by atoms with van der Waals surface area (Å²) < 4.78 is 16.5. The summed E-state index contributed by atoms with van der Waals surface area (Å²) in [6.45, 7) is 14.2. The highest BCUT2D eigenvalue weighted by atomic mass is 16.5. The molecule has 152 valence electrons. The van der Waals surface area contributed by atoms with Gasteiger partial charge in [-0.15, -0.1) is 0 Å². The number of carbonyl (C=O) groups is 2. The molecule has 0 aliphatic heterocycles. The Balaban J connectivity index is 2.40. The van der Waals surface area contributed by atoms with E-state index < -0.39 is 11.9 Å². The van der Waals surface area contributed by atoms with Gasteiger partial charge in [-0.25, -0.2) is 9.59 Å². The van der Waals surface area contributed by atoms with Crippen molar-refractivity contribution in [3.8, 4) is 11.3 Å². The highest BCUT2D eigenvalue weighted by Gasteiger charge is 2.30. The SMILES string of the molecule is Cc1ccc(-c2occ(C(=O)OCC(C)(C)C)c2C(=O)OCC(C)(C)C)cc1. The lowest BCUT2D eigenvalue weighted by Gasteiger charge is -2.19. The van der Waals surface area contributed by atoms with Gasteiger partial charge in [-0.05, 0) is 17.8 Å². The lowest BCUT2D eigenvalue weighted by molar-refractivity contribution is 0.0324. The van der Waals surface area contributed by atoms with Gasteiger partial charge in [0.2, 0.25) is 0 Å². The summed E-state index contributed by atoms with van der Waals surface area (Å²) in [4.78, 5) is 25.5. The van der Waals surface area contributed by atoms with Crippen molar-refractivity contribution in [2.45, 2.75) is 48.5 Å². The van der Waals surface area contributed by atoms with E-state index in [1.165, 1.54) is 6.26 Å². The second kappa shape index (κ2) is 8.21. The Kier molecular flexibility index (Phi) is 6.37. The van der Waals surface area contributed by atoms with Crippen molar-refractivity contribution < 1.29 is 23.5 Å². The lowest BCUT2D eigenvalue weighted by atomic mass is 9.98. The molecule has 0 spiro atoms. The van der Waals surface area contributed by atoms with Crippen LogP contribution in [-0.4, -0.2) is 25.2 Å². The molecule has 0 amide bonds. The van der Waals surface area contributed by atoms with Gasteiger partial charge >= 0.3 is 11.9 Å². The molecule has 0 unspecified atom stereocenters. The molecule has 5 heteroatoms. The van der Waals surface area contributed by atoms with Crippen LogP contribution in [0.4, 0.5) is 0 Å². The number of benzene rings is 1. The fourth-order valence-electron chi connectivity index (χ4n) is 2.34. The molecule has 2 rings (SSSR count). The standard InChI is InChI=1S/C23H30O5/c1-15-8-10-16(11-9-15)19-18(21(25)28-14-23(5,6)7)17(12-26-19)20(24)27-13-22(2,3)4/h8-12H,13-14H2,1-7H3. The van der Waals surface area contributed by atoms with Crippen LogP contribution in [0.5, 0.6) is 0 Å². The van der Waals surface area contributed by atoms with Gasteiger partial charge in [0.15, 0.2) is 0 Å². The van der Waals surface area contributed by atoms with Crippen LogP contribution in [0.1, 0.15) is 67.8 Å². The summed E-state index contributed by atoms with van der Waals surface area (Å²) in [6.07, 6.45) is 1.27. The summed E-state index contributed by atoms with van der Waals surface area (Å²) in [7, 11) is 0. The molecule has 28 heavy (non-hydrogen) atoms. The van der Waals surface area contributed by atoms with E-state index >= 15 is 0 Å². The molecular formula is C23H30O5. The van der Waals surface area contributed by atoms with Gasteiger partial charge < -0.3 is 13.9 Å². The molecule has 0 saturated heterocycles. The molecule has 1 aromatic carbocycles. The van der Waals surface area contributed by atoms with E-state index in [4.69, 9.17) is 13.9 Å². The number of aryl methyl sites for hydroxylation is 1. The second-order valence-electron chi connectivity index (χ2n) is 9.49. The number of rotatable bonds is 5. The van der Waals surface area contributed by atoms with Crippen LogP contribution in [-0.2, 0) is 9.47 Å². The fourth-order valence-corrected chi connectivity index (χ4v) is 2.34. The molecule has 0 aliphatic carbocycles. The van der Waals surface area contributed by atoms with E-state index in [0.717, 1.165) is 5.56 Å². The molecule has 0 fully saturated rings. The minimum atomic E-state index is -0.597. The molecule has 0 aliphatic rings. The molecule has 1 aromatic heterocycles. The van der Waals surface area contributed by atoms with E-state index in [9.17, 15) is 9.59 Å². The van der Waals surface area contributed by atoms with Gasteiger partial charge in [-0.2, -0.15) is 0 Å². The Morgan fingerprint density at radius 3 is 1.86 bits per heavy atom. The first-order chi connectivity index (χ1) is 12.9. The number of esters is 2. The Morgan fingerprint density at radius 1 is 0.857 bits per heavy atom. The van der Waals surface area contributed by atoms with Gasteiger partial charge in [0.05, 0.1) is 13.2 Å². The first kappa shape index (κ1) is 21.7. The summed E-state index contributed by atoms with van der Waals surface area (Å²) in [5.41, 5.74) is 1.58. The monoisotopic (exact) mass is 386 g/mol. The van der Waals surface area contributed by atoms with Crippen LogP contribution in [0.25, 0.3) is 11.3 Å². The van der Waals surface area contributed by atoms with E-state index in [1.807, 2.05) is 72.7 Å². The van der Waals surface area contributed by atoms with Crippen molar-refractivity contribution in [2.75, 3.05) is 13.2 Å². The Labute approximate surface area is 167 Å². The van der Waals surface area contributed by atoms with Gasteiger partial charge in [0, 0.05) is 5.56 Å². The van der Waals surface area contributed by atoms with Crippen molar-refractivity contribution in [3.63, 3.8) is 0 Å². The normalized spacial score (nSPS) is 12.0. The topological polar surface area (TPSA) is 65.7 Å². The third-order valence-electron chi connectivity index (χ3n) is 3.80. The molecule has 2 aromatic rings. The van der Waals surface area contributed by atoms with Crippen LogP contribution in [0, 0.1) is 17.8 Å². The average molecular weight is 386 g/mol. The largest absolute Gasteiger partial charge is 0.462 e. The Morgan fingerprint density at radius 2 is 1.36 bits per heavy atom. The highest BCUT2D eigenvalue weighted by molar-refractivity contribution is 6.07. The van der Waals surface area contributed by atoms with Crippen LogP contribution >= 0.6 is 0 Å². The van der Waals surface area contributed by atoms with Gasteiger partial charge in [-0.3, -0.25) is 0 Å². The molecule has 0 bridgehead atoms. The van der Waals surface area contributed by atoms with Crippen molar-refractivity contribution in [3.05, 3.63) is 47.2 Å². The zero-order valence-corrected chi connectivity index (χ0v) is 17.8. The quantitative estimate of drug-likeness (QED) is 0.620. The van der Waals surface area contributed by atoms with Crippen LogP contribution in [0.3, 0.4) is 0 Å². The Hall–Kier alpha value is -2.56. The predicted octanol–water partition coefficient (Wildman–Crippen LogP) is 5.66. The zero-order valence-electron chi connectivity index (χ0n) is 17.8. The molecule has 0 saturated carbocycles. The molecular weight excluding hydrogens is 356 g/mol. The third kappa shape index (κ3) is 5.98. The molecule has 0 atom stereocenters. The first-order valence-electron chi connectivity index (χ1n) is 9.40. The summed E-state index contributed by atoms with van der Waals surface area (Å²) in [6, 6.07) is 7.53. The van der Waals surface area contributed by atoms with Crippen LogP contribution < -0.4 is 0 Å². The summed E-state index contributed by atoms with van der Waals surface area (Å²) >= 11 is 0. The van der Waals surface area contributed by atoms with Crippen molar-refractivity contribution >= 4 is 11.9 Å². The second-order valence-corrected chi connectivity index (χ2v) is 9.49. The molecule has 0 N–H and O–H groups in total. The first-order valence-corrected chi connectivity index (χ1v) is 9.40. The maximum Gasteiger partial charge on any atom is 0.343 e. The average Bonchev–Trinajstić information content (AvgIpc) is 3.02. The van der Waals surface area contributed by atoms with Crippen molar-refractivity contribution in [1.29, 1.82) is 0 Å². The lowest BCUT2D eigenvalue weighted by Crippen LogP contribution is -2.22. The van der Waals surface area contributed by atoms with Crippen molar-refractivity contribution in [2.24, 2.45) is 10.8 Å². The number of ether oxygens (including phenoxy) is 2. The van der Waals surface area contributed by atoms with E-state index in [2.05, 4.69) is 0 Å². The van der Waals surface area contributed by atoms with Gasteiger partial charge in [0.1, 0.15) is 23.2 Å². The number of carbonyl (C=O) groups excluding carboxylic acids is 2. The number of hydrogen-bond donors (Lipinski definition) is 0. The summed E-state index contributed by atoms with van der Waals surface area (Å²) in [5, 5.41) is 0. The number of furan rings is 1. The van der Waals surface area contributed by atoms with Gasteiger partial charge in [-0.1, -0.05) is 71.4 Å². The maximum atomic E-state index is 12.8. The van der Waals surface area contributed by atoms with E-state index in [0.29, 0.717) is 11.3 Å². The van der Waals surface area contributed by atoms with E-state index in [1.54, 1.807) is 0 Å². The van der Waals surface area contributed by atoms with Gasteiger partial charge in [0.25, 0.3) is 0 Å². The Bertz CT molecular complexity index is 829. The number of hydrogen-bond acceptors (Lipinski definition) is 5. The maximum absolute atomic E-state index is 12.8. The smallest absolute Gasteiger partial charge is 0.343 e. The highest BCUT2D eigenvalue weighted by Crippen LogP contribution is 2.31. The minimum Gasteiger partial charge on any atom is -0.462 e. The molecule has 5 nitrogen and oxygen atoms in total. The van der Waals surface area contributed by atoms with Crippen LogP contribution in [0.15, 0.2) is 34.9 Å². The minimum absolute atomic E-state index is 0.0822. The summed E-state index contributed by atoms with van der Waals surface area (Å²) in [5.74, 6) is -0.886.